The Balaban J connectivity index is 2.45. The highest BCUT2D eigenvalue weighted by molar-refractivity contribution is 9.10. The lowest BCUT2D eigenvalue weighted by molar-refractivity contribution is 0.00578. The summed E-state index contributed by atoms with van der Waals surface area (Å²) in [4.78, 5) is 0. The third-order valence-corrected chi connectivity index (χ3v) is 4.84. The number of hydrogen-bond donors (Lipinski definition) is 0. The van der Waals surface area contributed by atoms with E-state index in [4.69, 9.17) is 14.6 Å². The summed E-state index contributed by atoms with van der Waals surface area (Å²) in [7, 11) is -0.436. The molecule has 0 spiro atoms. The lowest BCUT2D eigenvalue weighted by Crippen LogP contribution is -2.41. The van der Waals surface area contributed by atoms with Crippen molar-refractivity contribution in [3.8, 4) is 6.07 Å². The van der Waals surface area contributed by atoms with Gasteiger partial charge in [-0.2, -0.15) is 5.26 Å². The van der Waals surface area contributed by atoms with E-state index in [9.17, 15) is 0 Å². The molecular weight excluding hydrogens is 305 g/mol. The molecule has 0 N–H and O–H groups in total. The van der Waals surface area contributed by atoms with E-state index in [1.807, 2.05) is 46.8 Å². The van der Waals surface area contributed by atoms with Crippen LogP contribution < -0.4 is 5.46 Å². The van der Waals surface area contributed by atoms with E-state index in [1.165, 1.54) is 0 Å². The fourth-order valence-electron chi connectivity index (χ4n) is 1.98. The second kappa shape index (κ2) is 4.62. The molecule has 1 heterocycles. The van der Waals surface area contributed by atoms with Crippen molar-refractivity contribution in [2.75, 3.05) is 0 Å². The standard InChI is InChI=1S/C14H17BBrNO2/c1-9-11(6-10(8-17)7-12(9)16)15-18-13(2,3)14(4,5)19-15/h6-7H,1-5H3. The lowest BCUT2D eigenvalue weighted by Gasteiger charge is -2.32. The molecule has 0 saturated carbocycles. The summed E-state index contributed by atoms with van der Waals surface area (Å²) >= 11 is 3.48. The highest BCUT2D eigenvalue weighted by Gasteiger charge is 2.52. The molecule has 3 nitrogen and oxygen atoms in total. The zero-order chi connectivity index (χ0) is 14.4. The van der Waals surface area contributed by atoms with E-state index < -0.39 is 7.12 Å². The number of nitriles is 1. The van der Waals surface area contributed by atoms with Crippen LogP contribution in [0.2, 0.25) is 0 Å². The van der Waals surface area contributed by atoms with E-state index in [1.54, 1.807) is 0 Å². The Morgan fingerprint density at radius 2 is 1.68 bits per heavy atom. The zero-order valence-electron chi connectivity index (χ0n) is 11.9. The van der Waals surface area contributed by atoms with Crippen LogP contribution in [-0.4, -0.2) is 18.3 Å². The predicted molar refractivity (Wildman–Crippen MR) is 79.3 cm³/mol. The molecule has 0 aliphatic carbocycles. The number of hydrogen-bond acceptors (Lipinski definition) is 3. The number of rotatable bonds is 1. The van der Waals surface area contributed by atoms with Gasteiger partial charge in [-0.05, 0) is 57.8 Å². The van der Waals surface area contributed by atoms with Crippen LogP contribution in [-0.2, 0) is 9.31 Å². The molecule has 0 radical (unpaired) electrons. The van der Waals surface area contributed by atoms with Crippen molar-refractivity contribution in [2.45, 2.75) is 45.8 Å². The van der Waals surface area contributed by atoms with Crippen LogP contribution in [0, 0.1) is 18.3 Å². The van der Waals surface area contributed by atoms with Crippen molar-refractivity contribution in [3.05, 3.63) is 27.7 Å². The molecule has 0 unspecified atom stereocenters. The Kier molecular flexibility index (Phi) is 3.55. The largest absolute Gasteiger partial charge is 0.495 e. The van der Waals surface area contributed by atoms with E-state index in [2.05, 4.69) is 22.0 Å². The van der Waals surface area contributed by atoms with Crippen LogP contribution >= 0.6 is 15.9 Å². The summed E-state index contributed by atoms with van der Waals surface area (Å²) in [5.41, 5.74) is 1.79. The molecule has 1 aromatic carbocycles. The molecule has 0 bridgehead atoms. The van der Waals surface area contributed by atoms with Crippen molar-refractivity contribution in [1.82, 2.24) is 0 Å². The SMILES string of the molecule is Cc1c(Br)cc(C#N)cc1B1OC(C)(C)C(C)(C)O1. The van der Waals surface area contributed by atoms with Crippen LogP contribution in [0.5, 0.6) is 0 Å². The highest BCUT2D eigenvalue weighted by atomic mass is 79.9. The quantitative estimate of drug-likeness (QED) is 0.747. The van der Waals surface area contributed by atoms with Crippen molar-refractivity contribution in [3.63, 3.8) is 0 Å². The zero-order valence-corrected chi connectivity index (χ0v) is 13.5. The summed E-state index contributed by atoms with van der Waals surface area (Å²) in [6.07, 6.45) is 0. The molecule has 1 fully saturated rings. The molecule has 5 heteroatoms. The molecule has 1 aliphatic rings. The van der Waals surface area contributed by atoms with Gasteiger partial charge in [0.2, 0.25) is 0 Å². The Hall–Kier alpha value is -0.825. The molecule has 100 valence electrons. The Labute approximate surface area is 123 Å². The van der Waals surface area contributed by atoms with Gasteiger partial charge in [0.05, 0.1) is 22.8 Å². The maximum Gasteiger partial charge on any atom is 0.495 e. The van der Waals surface area contributed by atoms with Crippen molar-refractivity contribution in [1.29, 1.82) is 5.26 Å². The molecule has 0 atom stereocenters. The minimum atomic E-state index is -0.436. The summed E-state index contributed by atoms with van der Waals surface area (Å²) in [6.45, 7) is 10.1. The lowest BCUT2D eigenvalue weighted by atomic mass is 9.75. The van der Waals surface area contributed by atoms with Gasteiger partial charge in [0.1, 0.15) is 0 Å². The molecule has 19 heavy (non-hydrogen) atoms. The van der Waals surface area contributed by atoms with Crippen LogP contribution in [0.4, 0.5) is 0 Å². The summed E-state index contributed by atoms with van der Waals surface area (Å²) in [6, 6.07) is 5.80. The monoisotopic (exact) mass is 321 g/mol. The number of nitrogens with zero attached hydrogens (tertiary/aromatic N) is 1. The van der Waals surface area contributed by atoms with E-state index in [0.29, 0.717) is 5.56 Å². The van der Waals surface area contributed by atoms with Gasteiger partial charge < -0.3 is 9.31 Å². The molecular formula is C14H17BBrNO2. The number of halogens is 1. The summed E-state index contributed by atoms with van der Waals surface area (Å²) in [5, 5.41) is 9.07. The van der Waals surface area contributed by atoms with Crippen molar-refractivity contribution >= 4 is 28.5 Å². The number of benzene rings is 1. The van der Waals surface area contributed by atoms with Gasteiger partial charge in [0.15, 0.2) is 0 Å². The first-order chi connectivity index (χ1) is 8.68. The predicted octanol–water partition coefficient (Wildman–Crippen LogP) is 2.93. The van der Waals surface area contributed by atoms with Gasteiger partial charge in [0.25, 0.3) is 0 Å². The second-order valence-corrected chi connectivity index (χ2v) is 6.73. The van der Waals surface area contributed by atoms with Gasteiger partial charge in [-0.15, -0.1) is 0 Å². The van der Waals surface area contributed by atoms with Gasteiger partial charge in [0, 0.05) is 4.47 Å². The van der Waals surface area contributed by atoms with E-state index >= 15 is 0 Å². The first kappa shape index (κ1) is 14.6. The van der Waals surface area contributed by atoms with Crippen LogP contribution in [0.25, 0.3) is 0 Å². The Bertz CT molecular complexity index is 547. The molecule has 1 saturated heterocycles. The molecule has 1 aliphatic heterocycles. The fraction of sp³-hybridized carbons (Fsp3) is 0.500. The normalized spacial score (nSPS) is 20.4. The Morgan fingerprint density at radius 3 is 2.16 bits per heavy atom. The topological polar surface area (TPSA) is 42.2 Å². The first-order valence-corrected chi connectivity index (χ1v) is 7.03. The van der Waals surface area contributed by atoms with Crippen LogP contribution in [0.1, 0.15) is 38.8 Å². The van der Waals surface area contributed by atoms with Gasteiger partial charge >= 0.3 is 7.12 Å². The minimum absolute atomic E-state index is 0.376. The molecule has 0 amide bonds. The van der Waals surface area contributed by atoms with Gasteiger partial charge in [-0.3, -0.25) is 0 Å². The minimum Gasteiger partial charge on any atom is -0.399 e. The third-order valence-electron chi connectivity index (χ3n) is 4.02. The van der Waals surface area contributed by atoms with Crippen LogP contribution in [0.3, 0.4) is 0 Å². The first-order valence-electron chi connectivity index (χ1n) is 6.24. The van der Waals surface area contributed by atoms with E-state index in [0.717, 1.165) is 15.5 Å². The smallest absolute Gasteiger partial charge is 0.399 e. The molecule has 2 rings (SSSR count). The average molecular weight is 322 g/mol. The van der Waals surface area contributed by atoms with Crippen molar-refractivity contribution < 1.29 is 9.31 Å². The Morgan fingerprint density at radius 1 is 1.16 bits per heavy atom. The third kappa shape index (κ3) is 2.45. The fourth-order valence-corrected chi connectivity index (χ4v) is 2.46. The van der Waals surface area contributed by atoms with E-state index in [-0.39, 0.29) is 11.2 Å². The molecule has 0 aromatic heterocycles. The maximum absolute atomic E-state index is 9.07. The maximum atomic E-state index is 9.07. The van der Waals surface area contributed by atoms with Crippen molar-refractivity contribution in [2.24, 2.45) is 0 Å². The molecule has 1 aromatic rings. The summed E-state index contributed by atoms with van der Waals surface area (Å²) in [5.74, 6) is 0. The second-order valence-electron chi connectivity index (χ2n) is 5.87. The van der Waals surface area contributed by atoms with Crippen LogP contribution in [0.15, 0.2) is 16.6 Å². The van der Waals surface area contributed by atoms with Gasteiger partial charge in [-0.1, -0.05) is 15.9 Å². The highest BCUT2D eigenvalue weighted by Crippen LogP contribution is 2.37. The average Bonchev–Trinajstić information content (AvgIpc) is 2.51. The van der Waals surface area contributed by atoms with Gasteiger partial charge in [-0.25, -0.2) is 0 Å². The summed E-state index contributed by atoms with van der Waals surface area (Å²) < 4.78 is 13.0.